The minimum absolute atomic E-state index is 0.00106. The van der Waals surface area contributed by atoms with Crippen LogP contribution in [-0.2, 0) is 9.59 Å². The van der Waals surface area contributed by atoms with Crippen LogP contribution in [0.1, 0.15) is 46.5 Å². The van der Waals surface area contributed by atoms with Crippen LogP contribution in [0.5, 0.6) is 0 Å². The van der Waals surface area contributed by atoms with Crippen LogP contribution in [0.25, 0.3) is 0 Å². The van der Waals surface area contributed by atoms with Gasteiger partial charge in [-0.1, -0.05) is 13.8 Å². The quantitative estimate of drug-likeness (QED) is 0.669. The molecule has 0 aliphatic heterocycles. The van der Waals surface area contributed by atoms with E-state index in [-0.39, 0.29) is 17.9 Å². The van der Waals surface area contributed by atoms with E-state index in [2.05, 4.69) is 10.6 Å². The molecule has 0 saturated heterocycles. The van der Waals surface area contributed by atoms with Crippen LogP contribution < -0.4 is 10.6 Å². The second kappa shape index (κ2) is 8.26. The molecule has 4 nitrogen and oxygen atoms in total. The van der Waals surface area contributed by atoms with Crippen LogP contribution in [0.3, 0.4) is 0 Å². The Balaban J connectivity index is 3.50. The summed E-state index contributed by atoms with van der Waals surface area (Å²) in [6, 6.07) is 0.212. The molecule has 0 bridgehead atoms. The lowest BCUT2D eigenvalue weighted by atomic mass is 10.2. The zero-order valence-electron chi connectivity index (χ0n) is 9.93. The van der Waals surface area contributed by atoms with E-state index < -0.39 is 0 Å². The fourth-order valence-corrected chi connectivity index (χ4v) is 1.08. The van der Waals surface area contributed by atoms with Gasteiger partial charge in [-0.2, -0.15) is 0 Å². The minimum Gasteiger partial charge on any atom is -0.356 e. The molecular weight excluding hydrogens is 192 g/mol. The number of amides is 2. The predicted molar refractivity (Wildman–Crippen MR) is 60.4 cm³/mol. The SMILES string of the molecule is CCCC(=O)NCCC(=O)NC(C)CC. The first-order valence-corrected chi connectivity index (χ1v) is 5.66. The number of rotatable bonds is 7. The highest BCUT2D eigenvalue weighted by Crippen LogP contribution is 1.90. The number of hydrogen-bond donors (Lipinski definition) is 2. The van der Waals surface area contributed by atoms with Gasteiger partial charge in [-0.25, -0.2) is 0 Å². The van der Waals surface area contributed by atoms with Crippen LogP contribution in [0, 0.1) is 0 Å². The highest BCUT2D eigenvalue weighted by molar-refractivity contribution is 5.79. The Morgan fingerprint density at radius 2 is 1.80 bits per heavy atom. The maximum Gasteiger partial charge on any atom is 0.221 e. The largest absolute Gasteiger partial charge is 0.356 e. The maximum absolute atomic E-state index is 11.3. The number of hydrogen-bond acceptors (Lipinski definition) is 2. The number of carbonyl (C=O) groups is 2. The Morgan fingerprint density at radius 1 is 1.13 bits per heavy atom. The third kappa shape index (κ3) is 7.97. The Bertz CT molecular complexity index is 205. The molecule has 0 aliphatic rings. The molecule has 0 radical (unpaired) electrons. The summed E-state index contributed by atoms with van der Waals surface area (Å²) in [6.45, 7) is 6.37. The topological polar surface area (TPSA) is 58.2 Å². The molecule has 1 atom stereocenters. The molecule has 0 heterocycles. The van der Waals surface area contributed by atoms with Gasteiger partial charge in [-0.3, -0.25) is 9.59 Å². The Kier molecular flexibility index (Phi) is 7.68. The van der Waals surface area contributed by atoms with Crippen molar-refractivity contribution in [1.82, 2.24) is 10.6 Å². The smallest absolute Gasteiger partial charge is 0.221 e. The molecule has 1 unspecified atom stereocenters. The standard InChI is InChI=1S/C11H22N2O2/c1-4-6-10(14)12-8-7-11(15)13-9(3)5-2/h9H,4-8H2,1-3H3,(H,12,14)(H,13,15). The molecule has 0 aliphatic carbocycles. The van der Waals surface area contributed by atoms with Crippen molar-refractivity contribution in [3.8, 4) is 0 Å². The van der Waals surface area contributed by atoms with Crippen molar-refractivity contribution in [3.05, 3.63) is 0 Å². The van der Waals surface area contributed by atoms with Crippen LogP contribution in [0.4, 0.5) is 0 Å². The van der Waals surface area contributed by atoms with E-state index in [1.165, 1.54) is 0 Å². The lowest BCUT2D eigenvalue weighted by molar-refractivity contribution is -0.122. The van der Waals surface area contributed by atoms with Gasteiger partial charge in [0.15, 0.2) is 0 Å². The Labute approximate surface area is 91.8 Å². The molecule has 0 rings (SSSR count). The number of nitrogens with one attached hydrogen (secondary N) is 2. The Hall–Kier alpha value is -1.06. The summed E-state index contributed by atoms with van der Waals surface area (Å²) in [5.41, 5.74) is 0. The van der Waals surface area contributed by atoms with E-state index in [1.807, 2.05) is 20.8 Å². The van der Waals surface area contributed by atoms with E-state index in [0.717, 1.165) is 12.8 Å². The third-order valence-electron chi connectivity index (χ3n) is 2.17. The third-order valence-corrected chi connectivity index (χ3v) is 2.17. The molecular formula is C11H22N2O2. The van der Waals surface area contributed by atoms with Gasteiger partial charge in [0.2, 0.25) is 11.8 Å². The highest BCUT2D eigenvalue weighted by Gasteiger charge is 2.05. The van der Waals surface area contributed by atoms with Crippen LogP contribution in [0.15, 0.2) is 0 Å². The summed E-state index contributed by atoms with van der Waals surface area (Å²) < 4.78 is 0. The van der Waals surface area contributed by atoms with Gasteiger partial charge in [0, 0.05) is 25.4 Å². The van der Waals surface area contributed by atoms with Crippen molar-refractivity contribution in [3.63, 3.8) is 0 Å². The lowest BCUT2D eigenvalue weighted by Crippen LogP contribution is -2.35. The predicted octanol–water partition coefficient (Wildman–Crippen LogP) is 1.21. The van der Waals surface area contributed by atoms with Crippen molar-refractivity contribution in [2.24, 2.45) is 0 Å². The minimum atomic E-state index is 0.00106. The molecule has 0 aromatic carbocycles. The summed E-state index contributed by atoms with van der Waals surface area (Å²) in [7, 11) is 0. The van der Waals surface area contributed by atoms with Crippen LogP contribution in [0.2, 0.25) is 0 Å². The molecule has 0 saturated carbocycles. The molecule has 0 spiro atoms. The summed E-state index contributed by atoms with van der Waals surface area (Å²) in [4.78, 5) is 22.3. The maximum atomic E-state index is 11.3. The second-order valence-electron chi connectivity index (χ2n) is 3.73. The highest BCUT2D eigenvalue weighted by atomic mass is 16.2. The van der Waals surface area contributed by atoms with Gasteiger partial charge in [0.1, 0.15) is 0 Å². The fourth-order valence-electron chi connectivity index (χ4n) is 1.08. The first-order valence-electron chi connectivity index (χ1n) is 5.66. The average Bonchev–Trinajstić information content (AvgIpc) is 2.18. The summed E-state index contributed by atoms with van der Waals surface area (Å²) in [5.74, 6) is 0.0231. The lowest BCUT2D eigenvalue weighted by Gasteiger charge is -2.11. The van der Waals surface area contributed by atoms with E-state index in [0.29, 0.717) is 19.4 Å². The zero-order chi connectivity index (χ0) is 11.7. The van der Waals surface area contributed by atoms with Crippen molar-refractivity contribution < 1.29 is 9.59 Å². The average molecular weight is 214 g/mol. The first-order chi connectivity index (χ1) is 7.10. The fraction of sp³-hybridized carbons (Fsp3) is 0.818. The Morgan fingerprint density at radius 3 is 2.33 bits per heavy atom. The zero-order valence-corrected chi connectivity index (χ0v) is 9.93. The molecule has 15 heavy (non-hydrogen) atoms. The second-order valence-corrected chi connectivity index (χ2v) is 3.73. The molecule has 0 aromatic heterocycles. The van der Waals surface area contributed by atoms with Crippen LogP contribution in [-0.4, -0.2) is 24.4 Å². The summed E-state index contributed by atoms with van der Waals surface area (Å²) in [5, 5.41) is 5.55. The van der Waals surface area contributed by atoms with Crippen molar-refractivity contribution >= 4 is 11.8 Å². The van der Waals surface area contributed by atoms with Gasteiger partial charge >= 0.3 is 0 Å². The summed E-state index contributed by atoms with van der Waals surface area (Å²) >= 11 is 0. The molecule has 0 fully saturated rings. The van der Waals surface area contributed by atoms with Gasteiger partial charge in [0.25, 0.3) is 0 Å². The molecule has 2 amide bonds. The first kappa shape index (κ1) is 13.9. The monoisotopic (exact) mass is 214 g/mol. The van der Waals surface area contributed by atoms with Gasteiger partial charge < -0.3 is 10.6 Å². The van der Waals surface area contributed by atoms with E-state index in [9.17, 15) is 9.59 Å². The summed E-state index contributed by atoms with van der Waals surface area (Å²) in [6.07, 6.45) is 2.66. The molecule has 88 valence electrons. The van der Waals surface area contributed by atoms with Crippen molar-refractivity contribution in [2.75, 3.05) is 6.54 Å². The van der Waals surface area contributed by atoms with Crippen molar-refractivity contribution in [2.45, 2.75) is 52.5 Å². The molecule has 2 N–H and O–H groups in total. The van der Waals surface area contributed by atoms with Gasteiger partial charge in [0.05, 0.1) is 0 Å². The molecule has 0 aromatic rings. The van der Waals surface area contributed by atoms with Crippen molar-refractivity contribution in [1.29, 1.82) is 0 Å². The normalized spacial score (nSPS) is 11.9. The van der Waals surface area contributed by atoms with E-state index in [1.54, 1.807) is 0 Å². The van der Waals surface area contributed by atoms with Gasteiger partial charge in [-0.15, -0.1) is 0 Å². The van der Waals surface area contributed by atoms with E-state index in [4.69, 9.17) is 0 Å². The van der Waals surface area contributed by atoms with E-state index >= 15 is 0 Å². The van der Waals surface area contributed by atoms with Gasteiger partial charge in [-0.05, 0) is 19.8 Å². The number of carbonyl (C=O) groups excluding carboxylic acids is 2. The van der Waals surface area contributed by atoms with Crippen LogP contribution >= 0.6 is 0 Å². The molecule has 4 heteroatoms.